The van der Waals surface area contributed by atoms with Crippen LogP contribution in [0.1, 0.15) is 40.0 Å². The van der Waals surface area contributed by atoms with Gasteiger partial charge in [-0.1, -0.05) is 0 Å². The van der Waals surface area contributed by atoms with Gasteiger partial charge in [0.15, 0.2) is 0 Å². The lowest BCUT2D eigenvalue weighted by Gasteiger charge is -2.19. The summed E-state index contributed by atoms with van der Waals surface area (Å²) in [5, 5.41) is 15.2. The van der Waals surface area contributed by atoms with Crippen molar-refractivity contribution >= 4 is 46.3 Å². The Morgan fingerprint density at radius 3 is 2.07 bits per heavy atom. The molecule has 0 bridgehead atoms. The Hall–Kier alpha value is -5.68. The maximum absolute atomic E-state index is 13.3. The molecule has 1 saturated heterocycles. The summed E-state index contributed by atoms with van der Waals surface area (Å²) in [5.74, 6) is -2.71. The number of carbonyl (C=O) groups excluding carboxylic acids is 4. The molecular formula is C40H47N4O12+. The molecule has 2 aliphatic heterocycles. The number of ether oxygens (including phenoxy) is 4. The first-order valence-electron chi connectivity index (χ1n) is 18.2. The highest BCUT2D eigenvalue weighted by Crippen LogP contribution is 2.42. The summed E-state index contributed by atoms with van der Waals surface area (Å²) >= 11 is 0. The van der Waals surface area contributed by atoms with E-state index in [1.807, 2.05) is 74.1 Å². The number of nitrogens with zero attached hydrogens (tertiary/aromatic N) is 3. The van der Waals surface area contributed by atoms with Gasteiger partial charge in [-0.05, 0) is 42.0 Å². The molecule has 56 heavy (non-hydrogen) atoms. The molecule has 16 nitrogen and oxygen atoms in total. The SMILES string of the molecule is CN(C)c1ccc2c(-c3cc(C(=O)NCCOCCOCCOCCOCCC(=O)ON4C(=O)CCC4=O)ccc3C(=O)O)c3ccc(=[N+](C)C)cc-3oc2c1. The van der Waals surface area contributed by atoms with E-state index in [0.29, 0.717) is 70.5 Å². The Balaban J connectivity index is 1.06. The monoisotopic (exact) mass is 775 g/mol. The van der Waals surface area contributed by atoms with Gasteiger partial charge in [0.25, 0.3) is 17.7 Å². The Labute approximate surface area is 323 Å². The van der Waals surface area contributed by atoms with Crippen LogP contribution in [0.25, 0.3) is 33.4 Å². The van der Waals surface area contributed by atoms with E-state index in [2.05, 4.69) is 5.32 Å². The maximum atomic E-state index is 13.3. The second kappa shape index (κ2) is 19.8. The molecule has 0 saturated carbocycles. The summed E-state index contributed by atoms with van der Waals surface area (Å²) in [6.07, 6.45) is -0.0354. The summed E-state index contributed by atoms with van der Waals surface area (Å²) in [5.41, 5.74) is 3.60. The summed E-state index contributed by atoms with van der Waals surface area (Å²) in [6, 6.07) is 16.1. The minimum atomic E-state index is -1.12. The van der Waals surface area contributed by atoms with E-state index >= 15 is 0 Å². The largest absolute Gasteiger partial charge is 0.478 e. The minimum absolute atomic E-state index is 0.0369. The van der Waals surface area contributed by atoms with E-state index in [1.54, 1.807) is 6.07 Å². The number of carboxylic acid groups (broad SMARTS) is 1. The molecule has 1 fully saturated rings. The van der Waals surface area contributed by atoms with Crippen molar-refractivity contribution in [3.05, 3.63) is 71.1 Å². The highest BCUT2D eigenvalue weighted by Gasteiger charge is 2.32. The van der Waals surface area contributed by atoms with Crippen LogP contribution in [0, 0.1) is 0 Å². The van der Waals surface area contributed by atoms with Crippen molar-refractivity contribution < 1.29 is 57.3 Å². The van der Waals surface area contributed by atoms with Gasteiger partial charge in [-0.25, -0.2) is 14.2 Å². The number of imide groups is 1. The molecule has 298 valence electrons. The molecule has 2 N–H and O–H groups in total. The average molecular weight is 776 g/mol. The molecule has 16 heteroatoms. The van der Waals surface area contributed by atoms with Crippen molar-refractivity contribution in [1.29, 1.82) is 0 Å². The molecule has 0 aromatic heterocycles. The number of fused-ring (bicyclic) bond motifs is 2. The number of nitrogens with one attached hydrogen (secondary N) is 1. The van der Waals surface area contributed by atoms with Crippen LogP contribution in [0.2, 0.25) is 0 Å². The standard InChI is InChI=1S/C40H46N4O12/c1-42(2)27-6-9-30-33(24-27)55-34-25-28(43(3)4)7-10-31(34)38(30)32-23-26(5-8-29(32)40(49)50)39(48)41-14-16-52-18-20-54-22-21-53-19-17-51-15-13-37(47)56-44-35(45)11-12-36(44)46/h5-10,23-25H,11-22H2,1-4H3,(H-,41,48,49,50)/p+1. The zero-order valence-corrected chi connectivity index (χ0v) is 32.0. The van der Waals surface area contributed by atoms with Crippen molar-refractivity contribution in [3.63, 3.8) is 0 Å². The molecule has 3 amide bonds. The third-order valence-corrected chi connectivity index (χ3v) is 8.80. The fraction of sp³-hybridized carbons (Fsp3) is 0.400. The van der Waals surface area contributed by atoms with Crippen LogP contribution in [0.15, 0.2) is 59.0 Å². The van der Waals surface area contributed by atoms with Gasteiger partial charge in [0.1, 0.15) is 25.4 Å². The van der Waals surface area contributed by atoms with E-state index in [4.69, 9.17) is 28.2 Å². The van der Waals surface area contributed by atoms with Crippen LogP contribution in [-0.2, 0) is 38.2 Å². The number of rotatable bonds is 20. The molecule has 0 spiro atoms. The van der Waals surface area contributed by atoms with Gasteiger partial charge in [-0.15, -0.1) is 5.06 Å². The lowest BCUT2D eigenvalue weighted by Crippen LogP contribution is -2.32. The van der Waals surface area contributed by atoms with Crippen molar-refractivity contribution in [2.24, 2.45) is 0 Å². The van der Waals surface area contributed by atoms with Gasteiger partial charge >= 0.3 is 11.9 Å². The summed E-state index contributed by atoms with van der Waals surface area (Å²) in [6.45, 7) is 2.29. The van der Waals surface area contributed by atoms with E-state index in [1.165, 1.54) is 12.1 Å². The first-order chi connectivity index (χ1) is 26.9. The van der Waals surface area contributed by atoms with Gasteiger partial charge in [0.05, 0.1) is 70.9 Å². The van der Waals surface area contributed by atoms with Crippen LogP contribution in [-0.4, -0.2) is 127 Å². The molecule has 1 aliphatic carbocycles. The van der Waals surface area contributed by atoms with Crippen LogP contribution in [0.4, 0.5) is 5.69 Å². The second-order valence-electron chi connectivity index (χ2n) is 13.2. The van der Waals surface area contributed by atoms with Crippen molar-refractivity contribution in [2.75, 3.05) is 92.5 Å². The minimum Gasteiger partial charge on any atom is -0.478 e. The van der Waals surface area contributed by atoms with Crippen molar-refractivity contribution in [2.45, 2.75) is 19.3 Å². The topological polar surface area (TPSA) is 186 Å². The van der Waals surface area contributed by atoms with Gasteiger partial charge in [0.2, 0.25) is 5.36 Å². The predicted molar refractivity (Wildman–Crippen MR) is 204 cm³/mol. The summed E-state index contributed by atoms with van der Waals surface area (Å²) in [7, 11) is 7.71. The number of carbonyl (C=O) groups is 5. The first-order valence-corrected chi connectivity index (χ1v) is 18.2. The van der Waals surface area contributed by atoms with Crippen LogP contribution >= 0.6 is 0 Å². The quantitative estimate of drug-likeness (QED) is 0.0579. The highest BCUT2D eigenvalue weighted by molar-refractivity contribution is 6.09. The van der Waals surface area contributed by atoms with Crippen LogP contribution < -0.4 is 20.1 Å². The maximum Gasteiger partial charge on any atom is 0.336 e. The molecule has 0 radical (unpaired) electrons. The Bertz CT molecular complexity index is 2090. The zero-order valence-electron chi connectivity index (χ0n) is 32.0. The van der Waals surface area contributed by atoms with E-state index in [-0.39, 0.29) is 63.7 Å². The Morgan fingerprint density at radius 1 is 0.804 bits per heavy atom. The number of aromatic carboxylic acids is 1. The molecule has 2 aromatic carbocycles. The lowest BCUT2D eigenvalue weighted by molar-refractivity contribution is -0.198. The number of hydroxylamine groups is 2. The number of amides is 3. The number of carboxylic acids is 1. The fourth-order valence-corrected chi connectivity index (χ4v) is 5.85. The number of hydrogen-bond donors (Lipinski definition) is 2. The van der Waals surface area contributed by atoms with E-state index < -0.39 is 23.8 Å². The Kier molecular flexibility index (Phi) is 14.6. The zero-order chi connectivity index (χ0) is 40.2. The first kappa shape index (κ1) is 41.5. The Morgan fingerprint density at radius 2 is 1.45 bits per heavy atom. The van der Waals surface area contributed by atoms with Gasteiger partial charge in [-0.3, -0.25) is 14.4 Å². The molecule has 0 atom stereocenters. The molecular weight excluding hydrogens is 728 g/mol. The van der Waals surface area contributed by atoms with Crippen molar-refractivity contribution in [1.82, 2.24) is 15.0 Å². The van der Waals surface area contributed by atoms with Gasteiger partial charge in [-0.2, -0.15) is 0 Å². The fourth-order valence-electron chi connectivity index (χ4n) is 5.85. The molecule has 5 rings (SSSR count). The third-order valence-electron chi connectivity index (χ3n) is 8.80. The molecule has 2 aromatic rings. The van der Waals surface area contributed by atoms with Crippen LogP contribution in [0.5, 0.6) is 0 Å². The van der Waals surface area contributed by atoms with Crippen molar-refractivity contribution in [3.8, 4) is 22.5 Å². The average Bonchev–Trinajstić information content (AvgIpc) is 3.49. The highest BCUT2D eigenvalue weighted by atomic mass is 16.7. The summed E-state index contributed by atoms with van der Waals surface area (Å²) < 4.78 is 30.2. The summed E-state index contributed by atoms with van der Waals surface area (Å²) in [4.78, 5) is 67.2. The van der Waals surface area contributed by atoms with Gasteiger partial charge < -0.3 is 43.5 Å². The van der Waals surface area contributed by atoms with Gasteiger partial charge in [0, 0.05) is 73.4 Å². The normalized spacial score (nSPS) is 12.8. The second-order valence-corrected chi connectivity index (χ2v) is 13.2. The molecule has 0 unspecified atom stereocenters. The predicted octanol–water partition coefficient (Wildman–Crippen LogP) is 2.79. The van der Waals surface area contributed by atoms with E-state index in [9.17, 15) is 29.1 Å². The number of benzene rings is 3. The smallest absolute Gasteiger partial charge is 0.336 e. The number of anilines is 1. The van der Waals surface area contributed by atoms with Crippen LogP contribution in [0.3, 0.4) is 0 Å². The molecule has 3 aliphatic rings. The third kappa shape index (κ3) is 10.8. The molecule has 2 heterocycles. The van der Waals surface area contributed by atoms with E-state index in [0.717, 1.165) is 11.0 Å². The lowest BCUT2D eigenvalue weighted by atomic mass is 9.89. The number of hydrogen-bond acceptors (Lipinski definition) is 12.